The summed E-state index contributed by atoms with van der Waals surface area (Å²) in [6.45, 7) is 3.34. The number of rotatable bonds is 4. The molecule has 0 unspecified atom stereocenters. The Labute approximate surface area is 170 Å². The van der Waals surface area contributed by atoms with Gasteiger partial charge in [0.2, 0.25) is 0 Å². The summed E-state index contributed by atoms with van der Waals surface area (Å²) in [6.07, 6.45) is 5.06. The summed E-state index contributed by atoms with van der Waals surface area (Å²) in [5.41, 5.74) is 7.21. The van der Waals surface area contributed by atoms with E-state index in [-0.39, 0.29) is 5.56 Å². The van der Waals surface area contributed by atoms with Gasteiger partial charge in [0.1, 0.15) is 5.82 Å². The predicted molar refractivity (Wildman–Crippen MR) is 111 cm³/mol. The molecule has 2 N–H and O–H groups in total. The number of hydrogen-bond donors (Lipinski definition) is 1. The SMILES string of the molecule is NCc1ccc(C2(n3nc(N4CCOCC4)ccc3=O)CCCCC2)cc1Cl. The molecule has 0 bridgehead atoms. The molecular weight excluding hydrogens is 376 g/mol. The number of ether oxygens (including phenoxy) is 1. The van der Waals surface area contributed by atoms with E-state index in [4.69, 9.17) is 27.2 Å². The summed E-state index contributed by atoms with van der Waals surface area (Å²) < 4.78 is 7.17. The number of nitrogens with zero attached hydrogens (tertiary/aromatic N) is 3. The van der Waals surface area contributed by atoms with Crippen LogP contribution >= 0.6 is 11.6 Å². The van der Waals surface area contributed by atoms with Gasteiger partial charge in [-0.25, -0.2) is 4.68 Å². The third kappa shape index (κ3) is 3.56. The van der Waals surface area contributed by atoms with Crippen LogP contribution in [0, 0.1) is 0 Å². The lowest BCUT2D eigenvalue weighted by molar-refractivity contribution is 0.122. The second-order valence-electron chi connectivity index (χ2n) is 7.64. The van der Waals surface area contributed by atoms with Gasteiger partial charge in [-0.2, -0.15) is 5.10 Å². The van der Waals surface area contributed by atoms with Gasteiger partial charge in [0.15, 0.2) is 0 Å². The Morgan fingerprint density at radius 1 is 1.11 bits per heavy atom. The van der Waals surface area contributed by atoms with Gasteiger partial charge in [-0.3, -0.25) is 4.79 Å². The Kier molecular flexibility index (Phi) is 5.71. The topological polar surface area (TPSA) is 73.4 Å². The number of hydrogen-bond acceptors (Lipinski definition) is 5. The molecule has 2 aromatic rings. The van der Waals surface area contributed by atoms with E-state index in [2.05, 4.69) is 11.0 Å². The van der Waals surface area contributed by atoms with Crippen molar-refractivity contribution in [2.75, 3.05) is 31.2 Å². The zero-order chi connectivity index (χ0) is 19.6. The minimum Gasteiger partial charge on any atom is -0.378 e. The highest BCUT2D eigenvalue weighted by atomic mass is 35.5. The van der Waals surface area contributed by atoms with Crippen molar-refractivity contribution in [2.24, 2.45) is 5.73 Å². The van der Waals surface area contributed by atoms with E-state index in [1.807, 2.05) is 18.2 Å². The fourth-order valence-electron chi connectivity index (χ4n) is 4.43. The largest absolute Gasteiger partial charge is 0.378 e. The Morgan fingerprint density at radius 3 is 2.54 bits per heavy atom. The summed E-state index contributed by atoms with van der Waals surface area (Å²) in [5.74, 6) is 0.831. The van der Waals surface area contributed by atoms with Crippen molar-refractivity contribution in [1.29, 1.82) is 0 Å². The van der Waals surface area contributed by atoms with Crippen molar-refractivity contribution < 1.29 is 4.74 Å². The van der Waals surface area contributed by atoms with E-state index in [0.29, 0.717) is 24.8 Å². The van der Waals surface area contributed by atoms with Crippen LogP contribution in [0.5, 0.6) is 0 Å². The zero-order valence-corrected chi connectivity index (χ0v) is 16.8. The molecule has 0 radical (unpaired) electrons. The van der Waals surface area contributed by atoms with Crippen molar-refractivity contribution in [3.8, 4) is 0 Å². The molecular formula is C21H27ClN4O2. The van der Waals surface area contributed by atoms with E-state index in [1.54, 1.807) is 10.7 Å². The molecule has 2 aliphatic rings. The molecule has 0 atom stereocenters. The third-order valence-electron chi connectivity index (χ3n) is 6.02. The van der Waals surface area contributed by atoms with E-state index in [0.717, 1.165) is 55.7 Å². The Morgan fingerprint density at radius 2 is 1.86 bits per heavy atom. The van der Waals surface area contributed by atoms with Crippen molar-refractivity contribution >= 4 is 17.4 Å². The summed E-state index contributed by atoms with van der Waals surface area (Å²) in [5, 5.41) is 5.50. The van der Waals surface area contributed by atoms with Crippen molar-refractivity contribution in [2.45, 2.75) is 44.2 Å². The molecule has 0 amide bonds. The van der Waals surface area contributed by atoms with E-state index >= 15 is 0 Å². The average Bonchev–Trinajstić information content (AvgIpc) is 2.75. The van der Waals surface area contributed by atoms with Gasteiger partial charge in [-0.15, -0.1) is 0 Å². The average molecular weight is 403 g/mol. The van der Waals surface area contributed by atoms with E-state index < -0.39 is 5.54 Å². The fourth-order valence-corrected chi connectivity index (χ4v) is 4.69. The van der Waals surface area contributed by atoms with Gasteiger partial charge in [0.05, 0.1) is 18.8 Å². The first-order valence-electron chi connectivity index (χ1n) is 10.1. The number of nitrogens with two attached hydrogens (primary N) is 1. The summed E-state index contributed by atoms with van der Waals surface area (Å²) in [6, 6.07) is 9.49. The number of anilines is 1. The quantitative estimate of drug-likeness (QED) is 0.851. The normalized spacial score (nSPS) is 19.6. The first kappa shape index (κ1) is 19.4. The first-order valence-corrected chi connectivity index (χ1v) is 10.4. The maximum Gasteiger partial charge on any atom is 0.267 e. The lowest BCUT2D eigenvalue weighted by Crippen LogP contribution is -2.46. The maximum atomic E-state index is 12.9. The minimum absolute atomic E-state index is 0.0714. The maximum absolute atomic E-state index is 12.9. The van der Waals surface area contributed by atoms with Crippen LogP contribution in [-0.2, 0) is 16.8 Å². The smallest absolute Gasteiger partial charge is 0.267 e. The van der Waals surface area contributed by atoms with Crippen molar-refractivity contribution in [1.82, 2.24) is 9.78 Å². The molecule has 1 aliphatic heterocycles. The molecule has 1 saturated heterocycles. The van der Waals surface area contributed by atoms with Gasteiger partial charge in [0.25, 0.3) is 5.56 Å². The molecule has 1 aromatic carbocycles. The van der Waals surface area contributed by atoms with Gasteiger partial charge >= 0.3 is 0 Å². The molecule has 4 rings (SSSR count). The third-order valence-corrected chi connectivity index (χ3v) is 6.37. The molecule has 2 fully saturated rings. The molecule has 1 aromatic heterocycles. The molecule has 6 nitrogen and oxygen atoms in total. The summed E-state index contributed by atoms with van der Waals surface area (Å²) in [4.78, 5) is 15.1. The molecule has 7 heteroatoms. The number of morpholine rings is 1. The van der Waals surface area contributed by atoms with Crippen LogP contribution in [0.4, 0.5) is 5.82 Å². The molecule has 150 valence electrons. The Bertz CT molecular complexity index is 886. The van der Waals surface area contributed by atoms with Crippen molar-refractivity contribution in [3.63, 3.8) is 0 Å². The fraction of sp³-hybridized carbons (Fsp3) is 0.524. The minimum atomic E-state index is -0.464. The van der Waals surface area contributed by atoms with E-state index in [1.165, 1.54) is 6.42 Å². The zero-order valence-electron chi connectivity index (χ0n) is 16.1. The standard InChI is InChI=1S/C21H27ClN4O2/c22-18-14-17(5-4-16(18)15-23)21(8-2-1-3-9-21)26-20(27)7-6-19(24-26)25-10-12-28-13-11-25/h4-7,14H,1-3,8-13,15,23H2. The van der Waals surface area contributed by atoms with Gasteiger partial charge in [0, 0.05) is 30.7 Å². The van der Waals surface area contributed by atoms with Crippen LogP contribution in [0.25, 0.3) is 0 Å². The second kappa shape index (κ2) is 8.23. The Balaban J connectivity index is 1.81. The van der Waals surface area contributed by atoms with Crippen LogP contribution in [-0.4, -0.2) is 36.1 Å². The molecule has 1 aliphatic carbocycles. The van der Waals surface area contributed by atoms with Crippen LogP contribution < -0.4 is 16.2 Å². The van der Waals surface area contributed by atoms with Crippen LogP contribution in [0.3, 0.4) is 0 Å². The number of benzene rings is 1. The second-order valence-corrected chi connectivity index (χ2v) is 8.05. The van der Waals surface area contributed by atoms with E-state index in [9.17, 15) is 4.79 Å². The molecule has 2 heterocycles. The molecule has 0 spiro atoms. The van der Waals surface area contributed by atoms with Gasteiger partial charge in [-0.05, 0) is 36.1 Å². The number of aromatic nitrogens is 2. The molecule has 1 saturated carbocycles. The highest BCUT2D eigenvalue weighted by Gasteiger charge is 2.38. The van der Waals surface area contributed by atoms with Crippen LogP contribution in [0.2, 0.25) is 5.02 Å². The monoisotopic (exact) mass is 402 g/mol. The highest BCUT2D eigenvalue weighted by molar-refractivity contribution is 6.31. The first-order chi connectivity index (χ1) is 13.6. The molecule has 28 heavy (non-hydrogen) atoms. The lowest BCUT2D eigenvalue weighted by atomic mass is 9.76. The van der Waals surface area contributed by atoms with Crippen LogP contribution in [0.1, 0.15) is 43.2 Å². The lowest BCUT2D eigenvalue weighted by Gasteiger charge is -2.39. The number of halogens is 1. The van der Waals surface area contributed by atoms with Gasteiger partial charge in [-0.1, -0.05) is 43.0 Å². The highest BCUT2D eigenvalue weighted by Crippen LogP contribution is 2.41. The van der Waals surface area contributed by atoms with Crippen LogP contribution in [0.15, 0.2) is 35.1 Å². The predicted octanol–water partition coefficient (Wildman–Crippen LogP) is 2.90. The van der Waals surface area contributed by atoms with Gasteiger partial charge < -0.3 is 15.4 Å². The summed E-state index contributed by atoms with van der Waals surface area (Å²) >= 11 is 6.48. The Hall–Kier alpha value is -1.89. The van der Waals surface area contributed by atoms with Crippen molar-refractivity contribution in [3.05, 3.63) is 56.8 Å². The summed E-state index contributed by atoms with van der Waals surface area (Å²) in [7, 11) is 0.